The van der Waals surface area contributed by atoms with E-state index in [9.17, 15) is 4.79 Å². The number of thioether (sulfide) groups is 1. The summed E-state index contributed by atoms with van der Waals surface area (Å²) in [7, 11) is 0. The summed E-state index contributed by atoms with van der Waals surface area (Å²) in [4.78, 5) is 13.2. The maximum absolute atomic E-state index is 10.8. The molecule has 0 saturated carbocycles. The van der Waals surface area contributed by atoms with Gasteiger partial charge in [-0.1, -0.05) is 11.8 Å². The third kappa shape index (κ3) is 2.73. The van der Waals surface area contributed by atoms with Gasteiger partial charge in [0, 0.05) is 4.88 Å². The highest BCUT2D eigenvalue weighted by Crippen LogP contribution is 2.36. The summed E-state index contributed by atoms with van der Waals surface area (Å²) < 4.78 is 5.56. The smallest absolute Gasteiger partial charge is 0.316 e. The van der Waals surface area contributed by atoms with E-state index >= 15 is 0 Å². The number of carboxylic acid groups (broad SMARTS) is 1. The molecule has 20 heavy (non-hydrogen) atoms. The Morgan fingerprint density at radius 2 is 2.25 bits per heavy atom. The molecule has 1 aliphatic carbocycles. The zero-order chi connectivity index (χ0) is 14.1. The predicted octanol–water partition coefficient (Wildman–Crippen LogP) is 3.24. The Kier molecular flexibility index (Phi) is 3.80. The second-order valence-corrected chi connectivity index (χ2v) is 7.17. The number of nitrogens with zero attached hydrogens (tertiary/aromatic N) is 2. The first-order valence-corrected chi connectivity index (χ1v) is 8.18. The SMILES string of the molecule is CC(Sc1nnc(-c2cc3c(s2)CCCC3)o1)C(=O)O. The van der Waals surface area contributed by atoms with Gasteiger partial charge >= 0.3 is 5.97 Å². The molecule has 1 atom stereocenters. The van der Waals surface area contributed by atoms with Crippen LogP contribution in [0.5, 0.6) is 0 Å². The van der Waals surface area contributed by atoms with E-state index in [-0.39, 0.29) is 0 Å². The van der Waals surface area contributed by atoms with Crippen LogP contribution in [0.1, 0.15) is 30.2 Å². The van der Waals surface area contributed by atoms with Crippen molar-refractivity contribution < 1.29 is 14.3 Å². The number of fused-ring (bicyclic) bond motifs is 1. The number of hydrogen-bond donors (Lipinski definition) is 1. The minimum absolute atomic E-state index is 0.307. The number of carboxylic acids is 1. The van der Waals surface area contributed by atoms with Gasteiger partial charge in [0.25, 0.3) is 11.1 Å². The summed E-state index contributed by atoms with van der Waals surface area (Å²) >= 11 is 2.77. The van der Waals surface area contributed by atoms with E-state index in [1.165, 1.54) is 23.3 Å². The summed E-state index contributed by atoms with van der Waals surface area (Å²) in [6.45, 7) is 1.60. The number of aromatic nitrogens is 2. The molecule has 0 fully saturated rings. The van der Waals surface area contributed by atoms with Gasteiger partial charge in [-0.25, -0.2) is 0 Å². The van der Waals surface area contributed by atoms with Crippen LogP contribution >= 0.6 is 23.1 Å². The highest BCUT2D eigenvalue weighted by Gasteiger charge is 2.20. The van der Waals surface area contributed by atoms with Crippen molar-refractivity contribution in [3.63, 3.8) is 0 Å². The quantitative estimate of drug-likeness (QED) is 0.874. The minimum Gasteiger partial charge on any atom is -0.480 e. The fourth-order valence-corrected chi connectivity index (χ4v) is 3.95. The molecule has 0 spiro atoms. The summed E-state index contributed by atoms with van der Waals surface area (Å²) in [5.41, 5.74) is 1.39. The third-order valence-electron chi connectivity index (χ3n) is 3.24. The average Bonchev–Trinajstić information content (AvgIpc) is 3.03. The molecule has 7 heteroatoms. The van der Waals surface area contributed by atoms with Gasteiger partial charge in [0.05, 0.1) is 4.88 Å². The van der Waals surface area contributed by atoms with Gasteiger partial charge in [0.1, 0.15) is 5.25 Å². The first-order valence-electron chi connectivity index (χ1n) is 6.48. The lowest BCUT2D eigenvalue weighted by atomic mass is 9.99. The monoisotopic (exact) mass is 310 g/mol. The average molecular weight is 310 g/mol. The molecule has 0 aliphatic heterocycles. The van der Waals surface area contributed by atoms with Crippen LogP contribution in [0, 0.1) is 0 Å². The Hall–Kier alpha value is -1.34. The van der Waals surface area contributed by atoms with Gasteiger partial charge in [0.2, 0.25) is 0 Å². The highest BCUT2D eigenvalue weighted by atomic mass is 32.2. The van der Waals surface area contributed by atoms with Crippen LogP contribution in [0.4, 0.5) is 0 Å². The van der Waals surface area contributed by atoms with E-state index < -0.39 is 11.2 Å². The molecular formula is C13H14N2O3S2. The van der Waals surface area contributed by atoms with Crippen LogP contribution in [-0.2, 0) is 17.6 Å². The van der Waals surface area contributed by atoms with Crippen molar-refractivity contribution >= 4 is 29.1 Å². The molecular weight excluding hydrogens is 296 g/mol. The summed E-state index contributed by atoms with van der Waals surface area (Å²) in [5, 5.41) is 16.5. The first-order chi connectivity index (χ1) is 9.63. The van der Waals surface area contributed by atoms with E-state index in [0.717, 1.165) is 29.5 Å². The fraction of sp³-hybridized carbons (Fsp3) is 0.462. The number of aryl methyl sites for hydroxylation is 2. The van der Waals surface area contributed by atoms with E-state index in [1.807, 2.05) is 0 Å². The standard InChI is InChI=1S/C13H14N2O3S2/c1-7(12(16)17)19-13-15-14-11(18-13)10-6-8-4-2-3-5-9(8)20-10/h6-7H,2-5H2,1H3,(H,16,17). The Labute approximate surface area is 124 Å². The maximum atomic E-state index is 10.8. The second-order valence-electron chi connectivity index (χ2n) is 4.74. The number of aliphatic carboxylic acids is 1. The molecule has 1 N–H and O–H groups in total. The lowest BCUT2D eigenvalue weighted by Crippen LogP contribution is -2.10. The second kappa shape index (κ2) is 5.57. The molecule has 0 radical (unpaired) electrons. The molecule has 0 amide bonds. The van der Waals surface area contributed by atoms with Crippen LogP contribution in [0.2, 0.25) is 0 Å². The Morgan fingerprint density at radius 3 is 3.00 bits per heavy atom. The van der Waals surface area contributed by atoms with Gasteiger partial charge in [-0.2, -0.15) is 0 Å². The van der Waals surface area contributed by atoms with Crippen molar-refractivity contribution in [3.8, 4) is 10.8 Å². The van der Waals surface area contributed by atoms with Crippen LogP contribution in [-0.4, -0.2) is 26.5 Å². The number of hydrogen-bond acceptors (Lipinski definition) is 6. The van der Waals surface area contributed by atoms with Gasteiger partial charge in [-0.3, -0.25) is 4.79 Å². The number of carbonyl (C=O) groups is 1. The van der Waals surface area contributed by atoms with E-state index in [0.29, 0.717) is 11.1 Å². The number of thiophene rings is 1. The zero-order valence-corrected chi connectivity index (χ0v) is 12.6. The zero-order valence-electron chi connectivity index (χ0n) is 11.0. The summed E-state index contributed by atoms with van der Waals surface area (Å²) in [6, 6.07) is 2.13. The molecule has 2 aromatic rings. The van der Waals surface area contributed by atoms with Crippen LogP contribution in [0.3, 0.4) is 0 Å². The summed E-state index contributed by atoms with van der Waals surface area (Å²) in [5.74, 6) is -0.397. The molecule has 106 valence electrons. The van der Waals surface area contributed by atoms with Crippen molar-refractivity contribution in [1.82, 2.24) is 10.2 Å². The van der Waals surface area contributed by atoms with Crippen LogP contribution in [0.15, 0.2) is 15.7 Å². The normalized spacial score (nSPS) is 15.8. The lowest BCUT2D eigenvalue weighted by Gasteiger charge is -2.08. The summed E-state index contributed by atoms with van der Waals surface area (Å²) in [6.07, 6.45) is 4.74. The largest absolute Gasteiger partial charge is 0.480 e. The molecule has 0 saturated heterocycles. The van der Waals surface area contributed by atoms with Crippen LogP contribution in [0.25, 0.3) is 10.8 Å². The van der Waals surface area contributed by atoms with Crippen molar-refractivity contribution in [1.29, 1.82) is 0 Å². The Balaban J connectivity index is 1.79. The fourth-order valence-electron chi connectivity index (χ4n) is 2.15. The van der Waals surface area contributed by atoms with Gasteiger partial charge in [-0.05, 0) is 44.2 Å². The predicted molar refractivity (Wildman–Crippen MR) is 77.2 cm³/mol. The molecule has 5 nitrogen and oxygen atoms in total. The first kappa shape index (κ1) is 13.6. The molecule has 2 aromatic heterocycles. The molecule has 1 unspecified atom stereocenters. The van der Waals surface area contributed by atoms with Crippen molar-refractivity contribution in [2.24, 2.45) is 0 Å². The van der Waals surface area contributed by atoms with E-state index in [2.05, 4.69) is 16.3 Å². The van der Waals surface area contributed by atoms with Crippen LogP contribution < -0.4 is 0 Å². The van der Waals surface area contributed by atoms with Gasteiger partial charge in [-0.15, -0.1) is 21.5 Å². The maximum Gasteiger partial charge on any atom is 0.316 e. The minimum atomic E-state index is -0.888. The lowest BCUT2D eigenvalue weighted by molar-refractivity contribution is -0.136. The van der Waals surface area contributed by atoms with Gasteiger partial charge in [0.15, 0.2) is 0 Å². The van der Waals surface area contributed by atoms with E-state index in [1.54, 1.807) is 18.3 Å². The van der Waals surface area contributed by atoms with Crippen molar-refractivity contribution in [2.45, 2.75) is 43.1 Å². The molecule has 0 bridgehead atoms. The van der Waals surface area contributed by atoms with Crippen molar-refractivity contribution in [2.75, 3.05) is 0 Å². The Morgan fingerprint density at radius 1 is 1.45 bits per heavy atom. The number of rotatable bonds is 4. The molecule has 3 rings (SSSR count). The topological polar surface area (TPSA) is 76.2 Å². The third-order valence-corrected chi connectivity index (χ3v) is 5.39. The molecule has 2 heterocycles. The molecule has 1 aliphatic rings. The van der Waals surface area contributed by atoms with Crippen molar-refractivity contribution in [3.05, 3.63) is 16.5 Å². The molecule has 0 aromatic carbocycles. The van der Waals surface area contributed by atoms with Gasteiger partial charge < -0.3 is 9.52 Å². The Bertz CT molecular complexity index is 612. The highest BCUT2D eigenvalue weighted by molar-refractivity contribution is 8.00. The van der Waals surface area contributed by atoms with E-state index in [4.69, 9.17) is 9.52 Å².